The molecule has 0 aliphatic rings. The fraction of sp³-hybridized carbons (Fsp3) is 0.667. The Morgan fingerprint density at radius 2 is 0.782 bits per heavy atom. The first-order chi connectivity index (χ1) is 38.0. The molecule has 0 radical (unpaired) electrons. The van der Waals surface area contributed by atoms with Crippen LogP contribution in [0.15, 0.2) is 134 Å². The van der Waals surface area contributed by atoms with Crippen LogP contribution in [0.4, 0.5) is 0 Å². The van der Waals surface area contributed by atoms with Gasteiger partial charge in [-0.2, -0.15) is 0 Å². The molecule has 1 amide bonds. The molecule has 9 heteroatoms. The van der Waals surface area contributed by atoms with Gasteiger partial charge in [0.05, 0.1) is 39.9 Å². The van der Waals surface area contributed by atoms with E-state index < -0.39 is 20.0 Å². The van der Waals surface area contributed by atoms with E-state index in [-0.39, 0.29) is 19.1 Å². The lowest BCUT2D eigenvalue weighted by Crippen LogP contribution is -2.45. The minimum Gasteiger partial charge on any atom is -0.387 e. The van der Waals surface area contributed by atoms with Gasteiger partial charge in [0.25, 0.3) is 0 Å². The Bertz CT molecular complexity index is 1730. The number of allylic oxidation sites excluding steroid dienone is 21. The number of aliphatic hydroxyl groups excluding tert-OH is 1. The number of nitrogens with zero attached hydrogens (tertiary/aromatic N) is 1. The van der Waals surface area contributed by atoms with Crippen molar-refractivity contribution in [2.24, 2.45) is 0 Å². The SMILES string of the molecule is CC/C=C\C/C=C\C/C=C\C/C=C\C/C=C\C/C=C\C/C=C\C/C=C\CCCCCCCCC(=O)NC(COP(=O)(O)OCC[N+](C)(C)C)C(O)/C=C/CC/C=C/CC/C=C/CCCCCCCCCCCCCCCCC. The molecule has 0 aliphatic carbocycles. The lowest BCUT2D eigenvalue weighted by Gasteiger charge is -2.25. The van der Waals surface area contributed by atoms with Crippen LogP contribution in [-0.4, -0.2) is 73.4 Å². The van der Waals surface area contributed by atoms with E-state index in [1.807, 2.05) is 27.2 Å². The molecule has 0 rings (SSSR count). The van der Waals surface area contributed by atoms with Crippen LogP contribution in [0.1, 0.15) is 245 Å². The summed E-state index contributed by atoms with van der Waals surface area (Å²) >= 11 is 0. The predicted octanol–water partition coefficient (Wildman–Crippen LogP) is 19.9. The first kappa shape index (κ1) is 74.6. The summed E-state index contributed by atoms with van der Waals surface area (Å²) in [6.45, 7) is 4.66. The number of quaternary nitrogens is 1. The van der Waals surface area contributed by atoms with E-state index in [9.17, 15) is 19.4 Å². The number of carbonyl (C=O) groups excluding carboxylic acids is 1. The molecule has 0 saturated heterocycles. The number of carbonyl (C=O) groups is 1. The Balaban J connectivity index is 4.31. The number of hydrogen-bond donors (Lipinski definition) is 3. The van der Waals surface area contributed by atoms with Gasteiger partial charge in [0.15, 0.2) is 0 Å². The van der Waals surface area contributed by atoms with Crippen molar-refractivity contribution < 1.29 is 32.9 Å². The van der Waals surface area contributed by atoms with E-state index in [1.54, 1.807) is 6.08 Å². The van der Waals surface area contributed by atoms with Gasteiger partial charge in [-0.1, -0.05) is 263 Å². The Labute approximate surface area is 481 Å². The lowest BCUT2D eigenvalue weighted by molar-refractivity contribution is -0.870. The molecule has 0 saturated carbocycles. The summed E-state index contributed by atoms with van der Waals surface area (Å²) in [7, 11) is 1.52. The first-order valence-electron chi connectivity index (χ1n) is 31.6. The number of likely N-dealkylation sites (N-methyl/N-ethyl adjacent to an activating group) is 1. The monoisotopic (exact) mass is 1100 g/mol. The fourth-order valence-corrected chi connectivity index (χ4v) is 9.18. The average molecular weight is 1100 g/mol. The summed E-state index contributed by atoms with van der Waals surface area (Å²) < 4.78 is 23.7. The molecule has 0 aromatic carbocycles. The maximum absolute atomic E-state index is 13.0. The van der Waals surface area contributed by atoms with Crippen molar-refractivity contribution in [1.29, 1.82) is 0 Å². The summed E-state index contributed by atoms with van der Waals surface area (Å²) in [6.07, 6.45) is 88.6. The molecule has 0 spiro atoms. The van der Waals surface area contributed by atoms with Crippen LogP contribution in [-0.2, 0) is 18.4 Å². The van der Waals surface area contributed by atoms with Crippen LogP contribution in [0.25, 0.3) is 0 Å². The van der Waals surface area contributed by atoms with Crippen molar-refractivity contribution in [3.63, 3.8) is 0 Å². The van der Waals surface area contributed by atoms with Crippen LogP contribution in [0.5, 0.6) is 0 Å². The molecule has 0 aliphatic heterocycles. The summed E-state index contributed by atoms with van der Waals surface area (Å²) in [6, 6.07) is -0.890. The van der Waals surface area contributed by atoms with E-state index in [0.717, 1.165) is 122 Å². The highest BCUT2D eigenvalue weighted by Gasteiger charge is 2.27. The van der Waals surface area contributed by atoms with Crippen molar-refractivity contribution >= 4 is 13.7 Å². The summed E-state index contributed by atoms with van der Waals surface area (Å²) in [5, 5.41) is 13.9. The van der Waals surface area contributed by atoms with E-state index in [0.29, 0.717) is 17.4 Å². The van der Waals surface area contributed by atoms with Gasteiger partial charge in [0.2, 0.25) is 5.91 Å². The molecule has 446 valence electrons. The van der Waals surface area contributed by atoms with E-state index in [1.165, 1.54) is 103 Å². The van der Waals surface area contributed by atoms with E-state index in [2.05, 4.69) is 141 Å². The number of phosphoric acid groups is 1. The molecule has 3 atom stereocenters. The fourth-order valence-electron chi connectivity index (χ4n) is 8.44. The van der Waals surface area contributed by atoms with E-state index in [4.69, 9.17) is 9.05 Å². The second-order valence-corrected chi connectivity index (χ2v) is 23.5. The van der Waals surface area contributed by atoms with Gasteiger partial charge in [-0.15, -0.1) is 0 Å². The molecular formula is C69H120N2O6P+. The van der Waals surface area contributed by atoms with Crippen LogP contribution in [0, 0.1) is 0 Å². The standard InChI is InChI=1S/C69H119N2O6P/c1-6-8-10-12-14-16-18-20-22-24-26-28-30-32-33-34-35-36-37-39-41-43-45-47-49-51-53-55-57-59-61-63-69(73)70-67(66-77-78(74,75)76-65-64-71(3,4)5)68(72)62-60-58-56-54-52-50-48-46-44-42-40-38-31-29-27-25-23-21-19-17-15-13-11-9-7-2/h8,10,14,16,20,22,26,28,32-33,35-36,39,41,44-47,52,54,60,62,67-68,72H,6-7,9,11-13,15,17-19,21,23-25,27,29-31,34,37-38,40,42-43,48-51,53,55-59,61,63-66H2,1-5H3,(H-,70,73,74,75)/p+1/b10-8-,16-14-,22-20-,28-26-,33-32-,36-35-,41-39-,46-44+,47-45-,54-52+,62-60+. The second kappa shape index (κ2) is 58.3. The number of phosphoric ester groups is 1. The molecule has 8 nitrogen and oxygen atoms in total. The van der Waals surface area contributed by atoms with Gasteiger partial charge in [-0.05, 0) is 109 Å². The quantitative estimate of drug-likeness (QED) is 0.0243. The van der Waals surface area contributed by atoms with Crippen molar-refractivity contribution in [2.75, 3.05) is 40.9 Å². The minimum atomic E-state index is -4.38. The molecule has 0 aromatic heterocycles. The molecule has 3 N–H and O–H groups in total. The van der Waals surface area contributed by atoms with Gasteiger partial charge in [-0.25, -0.2) is 4.57 Å². The van der Waals surface area contributed by atoms with Crippen LogP contribution < -0.4 is 5.32 Å². The average Bonchev–Trinajstić information content (AvgIpc) is 3.41. The van der Waals surface area contributed by atoms with Crippen molar-refractivity contribution in [1.82, 2.24) is 5.32 Å². The molecule has 78 heavy (non-hydrogen) atoms. The maximum atomic E-state index is 13.0. The molecule has 0 heterocycles. The zero-order valence-electron chi connectivity index (χ0n) is 50.9. The molecule has 0 bridgehead atoms. The van der Waals surface area contributed by atoms with Crippen molar-refractivity contribution in [3.8, 4) is 0 Å². The Hall–Kier alpha value is -3.36. The Morgan fingerprint density at radius 1 is 0.449 bits per heavy atom. The summed E-state index contributed by atoms with van der Waals surface area (Å²) in [5.41, 5.74) is 0. The van der Waals surface area contributed by atoms with Crippen LogP contribution in [0.3, 0.4) is 0 Å². The van der Waals surface area contributed by atoms with Crippen molar-refractivity contribution in [3.05, 3.63) is 134 Å². The number of nitrogens with one attached hydrogen (secondary N) is 1. The highest BCUT2D eigenvalue weighted by Crippen LogP contribution is 2.43. The third kappa shape index (κ3) is 60.3. The number of aliphatic hydroxyl groups is 1. The van der Waals surface area contributed by atoms with Crippen LogP contribution >= 0.6 is 7.82 Å². The highest BCUT2D eigenvalue weighted by molar-refractivity contribution is 7.47. The third-order valence-electron chi connectivity index (χ3n) is 13.3. The summed E-state index contributed by atoms with van der Waals surface area (Å²) in [4.78, 5) is 23.4. The molecule has 3 unspecified atom stereocenters. The molecular weight excluding hydrogens is 984 g/mol. The Kier molecular flexibility index (Phi) is 55.8. The normalized spacial score (nSPS) is 14.7. The Morgan fingerprint density at radius 3 is 1.18 bits per heavy atom. The zero-order chi connectivity index (χ0) is 57.0. The molecule has 0 fully saturated rings. The second-order valence-electron chi connectivity index (χ2n) is 22.0. The van der Waals surface area contributed by atoms with Gasteiger partial charge in [0, 0.05) is 6.42 Å². The largest absolute Gasteiger partial charge is 0.472 e. The maximum Gasteiger partial charge on any atom is 0.472 e. The number of hydrogen-bond acceptors (Lipinski definition) is 5. The number of unbranched alkanes of at least 4 members (excludes halogenated alkanes) is 23. The van der Waals surface area contributed by atoms with Crippen molar-refractivity contribution in [2.45, 2.75) is 257 Å². The van der Waals surface area contributed by atoms with Crippen LogP contribution in [0.2, 0.25) is 0 Å². The number of amides is 1. The first-order valence-corrected chi connectivity index (χ1v) is 33.1. The number of rotatable bonds is 56. The zero-order valence-corrected chi connectivity index (χ0v) is 51.7. The highest BCUT2D eigenvalue weighted by atomic mass is 31.2. The van der Waals surface area contributed by atoms with Gasteiger partial charge in [-0.3, -0.25) is 13.8 Å². The van der Waals surface area contributed by atoms with Gasteiger partial charge < -0.3 is 19.8 Å². The van der Waals surface area contributed by atoms with Gasteiger partial charge >= 0.3 is 7.82 Å². The lowest BCUT2D eigenvalue weighted by atomic mass is 10.0. The minimum absolute atomic E-state index is 0.0429. The van der Waals surface area contributed by atoms with E-state index >= 15 is 0 Å². The summed E-state index contributed by atoms with van der Waals surface area (Å²) in [5.74, 6) is -0.210. The predicted molar refractivity (Wildman–Crippen MR) is 341 cm³/mol. The smallest absolute Gasteiger partial charge is 0.387 e. The third-order valence-corrected chi connectivity index (χ3v) is 14.3. The topological polar surface area (TPSA) is 105 Å². The van der Waals surface area contributed by atoms with Gasteiger partial charge in [0.1, 0.15) is 13.2 Å². The molecule has 0 aromatic rings.